The van der Waals surface area contributed by atoms with E-state index in [4.69, 9.17) is 21.4 Å². The first kappa shape index (κ1) is 13.3. The highest BCUT2D eigenvalue weighted by molar-refractivity contribution is 9.10. The topological polar surface area (TPSA) is 46.5 Å². The Morgan fingerprint density at radius 2 is 2.25 bits per heavy atom. The van der Waals surface area contributed by atoms with E-state index < -0.39 is 12.1 Å². The normalized spacial score (nSPS) is 12.2. The molecule has 0 aromatic heterocycles. The van der Waals surface area contributed by atoms with E-state index in [9.17, 15) is 4.79 Å². The molecule has 0 bridgehead atoms. The molecule has 1 unspecified atom stereocenters. The van der Waals surface area contributed by atoms with Gasteiger partial charge in [-0.25, -0.2) is 4.79 Å². The molecule has 1 aromatic carbocycles. The monoisotopic (exact) mass is 306 g/mol. The van der Waals surface area contributed by atoms with Crippen molar-refractivity contribution in [3.05, 3.63) is 27.2 Å². The van der Waals surface area contributed by atoms with Crippen LogP contribution in [0.2, 0.25) is 5.02 Å². The molecule has 5 heteroatoms. The molecule has 0 radical (unpaired) electrons. The molecular formula is C11H12BrClO3. The van der Waals surface area contributed by atoms with Gasteiger partial charge in [-0.15, -0.1) is 0 Å². The lowest BCUT2D eigenvalue weighted by Gasteiger charge is -2.16. The molecule has 3 nitrogen and oxygen atoms in total. The molecule has 0 heterocycles. The number of ether oxygens (including phenoxy) is 1. The largest absolute Gasteiger partial charge is 0.479 e. The molecule has 0 fully saturated rings. The second-order valence-corrected chi connectivity index (χ2v) is 4.71. The first-order valence-corrected chi connectivity index (χ1v) is 5.98. The van der Waals surface area contributed by atoms with Gasteiger partial charge in [-0.2, -0.15) is 0 Å². The third kappa shape index (κ3) is 3.12. The van der Waals surface area contributed by atoms with Gasteiger partial charge in [-0.1, -0.05) is 34.5 Å². The van der Waals surface area contributed by atoms with Gasteiger partial charge in [0.05, 0.1) is 5.02 Å². The van der Waals surface area contributed by atoms with E-state index in [2.05, 4.69) is 15.9 Å². The maximum absolute atomic E-state index is 10.8. The number of carboxylic acid groups (broad SMARTS) is 1. The van der Waals surface area contributed by atoms with Crippen LogP contribution in [0, 0.1) is 6.92 Å². The summed E-state index contributed by atoms with van der Waals surface area (Å²) in [5.41, 5.74) is 0.805. The van der Waals surface area contributed by atoms with Crippen LogP contribution in [0.3, 0.4) is 0 Å². The maximum atomic E-state index is 10.8. The van der Waals surface area contributed by atoms with Crippen molar-refractivity contribution in [1.82, 2.24) is 0 Å². The van der Waals surface area contributed by atoms with Crippen molar-refractivity contribution >= 4 is 33.5 Å². The lowest BCUT2D eigenvalue weighted by atomic mass is 10.2. The molecule has 1 aromatic rings. The van der Waals surface area contributed by atoms with Crippen molar-refractivity contribution in [3.63, 3.8) is 0 Å². The molecule has 0 aliphatic heterocycles. The quantitative estimate of drug-likeness (QED) is 0.923. The van der Waals surface area contributed by atoms with Gasteiger partial charge in [0.15, 0.2) is 6.10 Å². The molecule has 1 rings (SSSR count). The molecule has 1 N–H and O–H groups in total. The molecule has 1 atom stereocenters. The predicted octanol–water partition coefficient (Wildman–Crippen LogP) is 3.65. The number of halogens is 2. The zero-order valence-electron chi connectivity index (χ0n) is 8.96. The summed E-state index contributed by atoms with van der Waals surface area (Å²) in [7, 11) is 0. The summed E-state index contributed by atoms with van der Waals surface area (Å²) >= 11 is 9.30. The third-order valence-corrected chi connectivity index (χ3v) is 2.84. The van der Waals surface area contributed by atoms with Crippen molar-refractivity contribution in [2.75, 3.05) is 0 Å². The summed E-state index contributed by atoms with van der Waals surface area (Å²) in [5.74, 6) is -0.556. The van der Waals surface area contributed by atoms with E-state index in [0.717, 1.165) is 10.0 Å². The highest BCUT2D eigenvalue weighted by atomic mass is 79.9. The number of carbonyl (C=O) groups is 1. The summed E-state index contributed by atoms with van der Waals surface area (Å²) in [6, 6.07) is 3.51. The SMILES string of the molecule is CCC(Oc1c(C)cc(Br)cc1Cl)C(=O)O. The summed E-state index contributed by atoms with van der Waals surface area (Å²) in [6.07, 6.45) is -0.473. The lowest BCUT2D eigenvalue weighted by Crippen LogP contribution is -2.26. The number of hydrogen-bond acceptors (Lipinski definition) is 2. The van der Waals surface area contributed by atoms with E-state index in [-0.39, 0.29) is 0 Å². The molecule has 16 heavy (non-hydrogen) atoms. The Hall–Kier alpha value is -0.740. The highest BCUT2D eigenvalue weighted by Crippen LogP contribution is 2.32. The zero-order chi connectivity index (χ0) is 12.3. The Morgan fingerprint density at radius 3 is 2.69 bits per heavy atom. The van der Waals surface area contributed by atoms with Crippen LogP contribution in [0.15, 0.2) is 16.6 Å². The van der Waals surface area contributed by atoms with E-state index in [1.54, 1.807) is 13.0 Å². The van der Waals surface area contributed by atoms with Crippen molar-refractivity contribution in [2.45, 2.75) is 26.4 Å². The third-order valence-electron chi connectivity index (χ3n) is 2.10. The maximum Gasteiger partial charge on any atom is 0.344 e. The van der Waals surface area contributed by atoms with Crippen molar-refractivity contribution in [3.8, 4) is 5.75 Å². The Balaban J connectivity index is 3.01. The molecule has 0 saturated carbocycles. The number of aliphatic carboxylic acids is 1. The first-order chi connectivity index (χ1) is 7.45. The van der Waals surface area contributed by atoms with Gasteiger partial charge in [-0.05, 0) is 31.0 Å². The molecular weight excluding hydrogens is 295 g/mol. The van der Waals surface area contributed by atoms with Gasteiger partial charge in [0.2, 0.25) is 0 Å². The van der Waals surface area contributed by atoms with E-state index in [1.807, 2.05) is 13.0 Å². The van der Waals surface area contributed by atoms with Gasteiger partial charge < -0.3 is 9.84 Å². The van der Waals surface area contributed by atoms with Crippen molar-refractivity contribution in [2.24, 2.45) is 0 Å². The van der Waals surface area contributed by atoms with Crippen LogP contribution in [0.25, 0.3) is 0 Å². The van der Waals surface area contributed by atoms with Crippen LogP contribution in [-0.2, 0) is 4.79 Å². The van der Waals surface area contributed by atoms with Crippen LogP contribution in [0.4, 0.5) is 0 Å². The van der Waals surface area contributed by atoms with Crippen molar-refractivity contribution in [1.29, 1.82) is 0 Å². The van der Waals surface area contributed by atoms with Gasteiger partial charge >= 0.3 is 5.97 Å². The number of hydrogen-bond donors (Lipinski definition) is 1. The van der Waals surface area contributed by atoms with Gasteiger partial charge in [0.1, 0.15) is 5.75 Å². The molecule has 0 spiro atoms. The van der Waals surface area contributed by atoms with Crippen molar-refractivity contribution < 1.29 is 14.6 Å². The predicted molar refractivity (Wildman–Crippen MR) is 66.2 cm³/mol. The number of benzene rings is 1. The highest BCUT2D eigenvalue weighted by Gasteiger charge is 2.19. The summed E-state index contributed by atoms with van der Waals surface area (Å²) in [5, 5.41) is 9.30. The fourth-order valence-electron chi connectivity index (χ4n) is 1.29. The van der Waals surface area contributed by atoms with Gasteiger partial charge in [0, 0.05) is 4.47 Å². The number of aryl methyl sites for hydroxylation is 1. The average Bonchev–Trinajstić information content (AvgIpc) is 2.15. The molecule has 0 aliphatic rings. The minimum atomic E-state index is -0.985. The molecule has 88 valence electrons. The van der Waals surface area contributed by atoms with Crippen LogP contribution < -0.4 is 4.74 Å². The van der Waals surface area contributed by atoms with Crippen LogP contribution in [0.1, 0.15) is 18.9 Å². The van der Waals surface area contributed by atoms with Gasteiger partial charge in [0.25, 0.3) is 0 Å². The van der Waals surface area contributed by atoms with E-state index in [0.29, 0.717) is 17.2 Å². The summed E-state index contributed by atoms with van der Waals surface area (Å²) in [6.45, 7) is 3.57. The molecule has 0 aliphatic carbocycles. The standard InChI is InChI=1S/C11H12BrClO3/c1-3-9(11(14)15)16-10-6(2)4-7(12)5-8(10)13/h4-5,9H,3H2,1-2H3,(H,14,15). The van der Waals surface area contributed by atoms with Gasteiger partial charge in [-0.3, -0.25) is 0 Å². The second-order valence-electron chi connectivity index (χ2n) is 3.39. The Kier molecular flexibility index (Phi) is 4.62. The fraction of sp³-hybridized carbons (Fsp3) is 0.364. The average molecular weight is 308 g/mol. The second kappa shape index (κ2) is 5.55. The first-order valence-electron chi connectivity index (χ1n) is 4.80. The Bertz CT molecular complexity index is 383. The minimum absolute atomic E-state index is 0.390. The van der Waals surface area contributed by atoms with Crippen LogP contribution in [0.5, 0.6) is 5.75 Å². The lowest BCUT2D eigenvalue weighted by molar-refractivity contribution is -0.145. The van der Waals surface area contributed by atoms with E-state index in [1.165, 1.54) is 0 Å². The molecule has 0 saturated heterocycles. The number of carboxylic acids is 1. The Labute approximate surface area is 107 Å². The summed E-state index contributed by atoms with van der Waals surface area (Å²) < 4.78 is 6.23. The van der Waals surface area contributed by atoms with Crippen LogP contribution in [-0.4, -0.2) is 17.2 Å². The zero-order valence-corrected chi connectivity index (χ0v) is 11.3. The van der Waals surface area contributed by atoms with Crippen LogP contribution >= 0.6 is 27.5 Å². The molecule has 0 amide bonds. The summed E-state index contributed by atoms with van der Waals surface area (Å²) in [4.78, 5) is 10.8. The minimum Gasteiger partial charge on any atom is -0.479 e. The fourth-order valence-corrected chi connectivity index (χ4v) is 2.30. The number of rotatable bonds is 4. The Morgan fingerprint density at radius 1 is 1.62 bits per heavy atom. The van der Waals surface area contributed by atoms with E-state index >= 15 is 0 Å². The smallest absolute Gasteiger partial charge is 0.344 e.